The third kappa shape index (κ3) is 2.28. The average Bonchev–Trinajstić information content (AvgIpc) is 2.49. The van der Waals surface area contributed by atoms with E-state index in [9.17, 15) is 5.11 Å². The molecule has 0 amide bonds. The van der Waals surface area contributed by atoms with Crippen molar-refractivity contribution < 1.29 is 5.11 Å². The molecular weight excluding hydrogens is 270 g/mol. The number of nitrogens with zero attached hydrogens (tertiary/aromatic N) is 1. The number of pyridine rings is 1. The van der Waals surface area contributed by atoms with Gasteiger partial charge < -0.3 is 5.11 Å². The van der Waals surface area contributed by atoms with Crippen LogP contribution in [0.25, 0.3) is 10.9 Å². The Morgan fingerprint density at radius 1 is 1.10 bits per heavy atom. The largest absolute Gasteiger partial charge is 0.384 e. The second-order valence-corrected chi connectivity index (χ2v) is 5.22. The highest BCUT2D eigenvalue weighted by Crippen LogP contribution is 2.29. The van der Waals surface area contributed by atoms with E-state index in [2.05, 4.69) is 4.98 Å². The number of hydrogen-bond acceptors (Lipinski definition) is 2. The van der Waals surface area contributed by atoms with Gasteiger partial charge in [-0.15, -0.1) is 0 Å². The van der Waals surface area contributed by atoms with Crippen molar-refractivity contribution in [3.63, 3.8) is 0 Å². The minimum atomic E-state index is -0.694. The van der Waals surface area contributed by atoms with E-state index >= 15 is 0 Å². The quantitative estimate of drug-likeness (QED) is 0.761. The van der Waals surface area contributed by atoms with Crippen LogP contribution in [0.4, 0.5) is 0 Å². The van der Waals surface area contributed by atoms with Gasteiger partial charge in [0.25, 0.3) is 0 Å². The Hall–Kier alpha value is -1.90. The number of rotatable bonds is 2. The zero-order valence-electron chi connectivity index (χ0n) is 11.0. The Kier molecular flexibility index (Phi) is 3.43. The highest BCUT2D eigenvalue weighted by atomic mass is 35.5. The van der Waals surface area contributed by atoms with Crippen molar-refractivity contribution in [3.05, 3.63) is 76.4 Å². The fourth-order valence-corrected chi connectivity index (χ4v) is 2.54. The lowest BCUT2D eigenvalue weighted by Crippen LogP contribution is -2.02. The van der Waals surface area contributed by atoms with Gasteiger partial charge in [0.15, 0.2) is 0 Å². The molecule has 0 aliphatic rings. The van der Waals surface area contributed by atoms with Gasteiger partial charge >= 0.3 is 0 Å². The normalized spacial score (nSPS) is 12.6. The molecule has 0 aliphatic carbocycles. The Bertz CT molecular complexity index is 770. The first-order chi connectivity index (χ1) is 9.66. The zero-order chi connectivity index (χ0) is 14.1. The van der Waals surface area contributed by atoms with E-state index in [0.717, 1.165) is 27.6 Å². The Morgan fingerprint density at radius 2 is 1.95 bits per heavy atom. The highest BCUT2D eigenvalue weighted by molar-refractivity contribution is 6.31. The van der Waals surface area contributed by atoms with Crippen molar-refractivity contribution in [2.24, 2.45) is 0 Å². The Labute approximate surface area is 122 Å². The molecule has 0 aliphatic heterocycles. The molecule has 0 fully saturated rings. The summed E-state index contributed by atoms with van der Waals surface area (Å²) in [5.74, 6) is 0. The maximum atomic E-state index is 10.6. The maximum Gasteiger partial charge on any atom is 0.104 e. The van der Waals surface area contributed by atoms with Crippen LogP contribution in [0.2, 0.25) is 5.02 Å². The van der Waals surface area contributed by atoms with Crippen molar-refractivity contribution in [1.29, 1.82) is 0 Å². The molecule has 2 aromatic carbocycles. The van der Waals surface area contributed by atoms with Gasteiger partial charge in [0.05, 0.1) is 5.52 Å². The summed E-state index contributed by atoms with van der Waals surface area (Å²) in [5.41, 5.74) is 3.43. The van der Waals surface area contributed by atoms with Crippen LogP contribution in [0.3, 0.4) is 0 Å². The smallest absolute Gasteiger partial charge is 0.104 e. The van der Waals surface area contributed by atoms with E-state index in [1.807, 2.05) is 55.5 Å². The first-order valence-corrected chi connectivity index (χ1v) is 6.82. The number of hydrogen-bond donors (Lipinski definition) is 1. The maximum absolute atomic E-state index is 10.6. The number of halogens is 1. The number of benzene rings is 2. The van der Waals surface area contributed by atoms with Gasteiger partial charge in [-0.1, -0.05) is 41.9 Å². The molecule has 1 N–H and O–H groups in total. The molecule has 1 unspecified atom stereocenters. The van der Waals surface area contributed by atoms with E-state index in [1.54, 1.807) is 6.20 Å². The fourth-order valence-electron chi connectivity index (χ4n) is 2.35. The third-order valence-corrected chi connectivity index (χ3v) is 3.96. The van der Waals surface area contributed by atoms with Crippen molar-refractivity contribution in [3.8, 4) is 0 Å². The molecule has 0 saturated carbocycles. The van der Waals surface area contributed by atoms with Gasteiger partial charge in [0, 0.05) is 16.6 Å². The average molecular weight is 284 g/mol. The van der Waals surface area contributed by atoms with E-state index in [-0.39, 0.29) is 0 Å². The molecule has 20 heavy (non-hydrogen) atoms. The highest BCUT2D eigenvalue weighted by Gasteiger charge is 2.14. The van der Waals surface area contributed by atoms with Crippen LogP contribution in [-0.2, 0) is 0 Å². The summed E-state index contributed by atoms with van der Waals surface area (Å²) in [6, 6.07) is 15.3. The first-order valence-electron chi connectivity index (χ1n) is 6.44. The molecule has 2 nitrogen and oxygen atoms in total. The van der Waals surface area contributed by atoms with Gasteiger partial charge in [-0.3, -0.25) is 4.98 Å². The summed E-state index contributed by atoms with van der Waals surface area (Å²) in [6.07, 6.45) is 1.06. The lowest BCUT2D eigenvalue weighted by atomic mass is 9.96. The molecule has 1 aromatic heterocycles. The van der Waals surface area contributed by atoms with Crippen molar-refractivity contribution in [2.75, 3.05) is 0 Å². The number of aliphatic hydroxyl groups is 1. The standard InChI is InChI=1S/C17H14ClNO/c1-11-14(5-2-6-15(11)18)17(20)13-8-7-12-4-3-9-19-16(12)10-13/h2-10,17,20H,1H3. The van der Waals surface area contributed by atoms with Crippen LogP contribution in [0.1, 0.15) is 22.8 Å². The molecule has 0 spiro atoms. The predicted molar refractivity (Wildman–Crippen MR) is 82.0 cm³/mol. The van der Waals surface area contributed by atoms with Crippen LogP contribution in [0, 0.1) is 6.92 Å². The number of fused-ring (bicyclic) bond motifs is 1. The summed E-state index contributed by atoms with van der Waals surface area (Å²) in [4.78, 5) is 4.32. The van der Waals surface area contributed by atoms with E-state index in [0.29, 0.717) is 5.02 Å². The Balaban J connectivity index is 2.08. The van der Waals surface area contributed by atoms with Gasteiger partial charge in [0.1, 0.15) is 6.10 Å². The molecule has 1 heterocycles. The molecule has 0 radical (unpaired) electrons. The minimum absolute atomic E-state index is 0.667. The molecule has 3 aromatic rings. The zero-order valence-corrected chi connectivity index (χ0v) is 11.8. The van der Waals surface area contributed by atoms with Crippen LogP contribution in [0.5, 0.6) is 0 Å². The van der Waals surface area contributed by atoms with Gasteiger partial charge in [-0.25, -0.2) is 0 Å². The number of aromatic nitrogens is 1. The molecule has 0 bridgehead atoms. The van der Waals surface area contributed by atoms with Gasteiger partial charge in [-0.05, 0) is 41.8 Å². The lowest BCUT2D eigenvalue weighted by Gasteiger charge is -2.15. The Morgan fingerprint density at radius 3 is 2.80 bits per heavy atom. The SMILES string of the molecule is Cc1c(Cl)cccc1C(O)c1ccc2cccnc2c1. The summed E-state index contributed by atoms with van der Waals surface area (Å²) < 4.78 is 0. The van der Waals surface area contributed by atoms with Gasteiger partial charge in [-0.2, -0.15) is 0 Å². The van der Waals surface area contributed by atoms with Crippen LogP contribution in [-0.4, -0.2) is 10.1 Å². The summed E-state index contributed by atoms with van der Waals surface area (Å²) in [5, 5.41) is 12.3. The summed E-state index contributed by atoms with van der Waals surface area (Å²) in [6.45, 7) is 1.92. The number of aliphatic hydroxyl groups excluding tert-OH is 1. The van der Waals surface area contributed by atoms with E-state index < -0.39 is 6.10 Å². The monoisotopic (exact) mass is 283 g/mol. The second-order valence-electron chi connectivity index (χ2n) is 4.81. The molecule has 0 saturated heterocycles. The summed E-state index contributed by atoms with van der Waals surface area (Å²) >= 11 is 6.12. The molecule has 1 atom stereocenters. The fraction of sp³-hybridized carbons (Fsp3) is 0.118. The first kappa shape index (κ1) is 13.1. The topological polar surface area (TPSA) is 33.1 Å². The molecule has 100 valence electrons. The molecule has 3 rings (SSSR count). The molecular formula is C17H14ClNO. The van der Waals surface area contributed by atoms with Crippen LogP contribution in [0.15, 0.2) is 54.7 Å². The van der Waals surface area contributed by atoms with E-state index in [4.69, 9.17) is 11.6 Å². The molecule has 3 heteroatoms. The predicted octanol–water partition coefficient (Wildman–Crippen LogP) is 4.28. The minimum Gasteiger partial charge on any atom is -0.384 e. The third-order valence-electron chi connectivity index (χ3n) is 3.55. The van der Waals surface area contributed by atoms with Crippen LogP contribution < -0.4 is 0 Å². The second kappa shape index (κ2) is 5.23. The van der Waals surface area contributed by atoms with Crippen molar-refractivity contribution in [2.45, 2.75) is 13.0 Å². The summed E-state index contributed by atoms with van der Waals surface area (Å²) in [7, 11) is 0. The van der Waals surface area contributed by atoms with Crippen molar-refractivity contribution in [1.82, 2.24) is 4.98 Å². The van der Waals surface area contributed by atoms with Crippen molar-refractivity contribution >= 4 is 22.5 Å². The van der Waals surface area contributed by atoms with E-state index in [1.165, 1.54) is 0 Å². The lowest BCUT2D eigenvalue weighted by molar-refractivity contribution is 0.219. The van der Waals surface area contributed by atoms with Gasteiger partial charge in [0.2, 0.25) is 0 Å². The van der Waals surface area contributed by atoms with Crippen LogP contribution >= 0.6 is 11.6 Å².